The predicted octanol–water partition coefficient (Wildman–Crippen LogP) is 3.34. The van der Waals surface area contributed by atoms with E-state index in [2.05, 4.69) is 55.0 Å². The molecule has 1 aliphatic heterocycles. The molecular weight excluding hydrogens is 246 g/mol. The van der Waals surface area contributed by atoms with Crippen LogP contribution >= 0.6 is 0 Å². The zero-order valence-electron chi connectivity index (χ0n) is 13.4. The van der Waals surface area contributed by atoms with Crippen LogP contribution in [0.4, 0.5) is 0 Å². The molecule has 20 heavy (non-hydrogen) atoms. The second-order valence-corrected chi connectivity index (χ2v) is 7.08. The molecule has 1 atom stereocenters. The normalized spacial score (nSPS) is 21.1. The van der Waals surface area contributed by atoms with Crippen LogP contribution in [0, 0.1) is 0 Å². The van der Waals surface area contributed by atoms with Gasteiger partial charge >= 0.3 is 0 Å². The van der Waals surface area contributed by atoms with Crippen molar-refractivity contribution in [2.75, 3.05) is 6.54 Å². The Balaban J connectivity index is 1.88. The molecule has 2 rings (SSSR count). The number of hydrogen-bond donors (Lipinski definition) is 1. The largest absolute Gasteiger partial charge is 0.308 e. The number of nitrogens with zero attached hydrogens (tertiary/aromatic N) is 2. The standard InChI is InChI=1S/C17H29N3/c1-14-7-5-6-10-20(14)13-16-9-8-15(11-18-16)12-19-17(2,3)4/h8-9,11,14,19H,5-7,10,12-13H2,1-4H3. The zero-order chi connectivity index (χ0) is 14.6. The summed E-state index contributed by atoms with van der Waals surface area (Å²) in [5, 5.41) is 3.50. The van der Waals surface area contributed by atoms with Crippen LogP contribution < -0.4 is 5.32 Å². The SMILES string of the molecule is CC1CCCCN1Cc1ccc(CNC(C)(C)C)cn1. The highest BCUT2D eigenvalue weighted by Crippen LogP contribution is 2.18. The fraction of sp³-hybridized carbons (Fsp3) is 0.706. The number of rotatable bonds is 4. The quantitative estimate of drug-likeness (QED) is 0.913. The van der Waals surface area contributed by atoms with E-state index in [1.54, 1.807) is 0 Å². The fourth-order valence-corrected chi connectivity index (χ4v) is 2.62. The first-order valence-corrected chi connectivity index (χ1v) is 7.87. The lowest BCUT2D eigenvalue weighted by atomic mass is 10.0. The Hall–Kier alpha value is -0.930. The summed E-state index contributed by atoms with van der Waals surface area (Å²) in [5.41, 5.74) is 2.61. The molecule has 1 aromatic heterocycles. The van der Waals surface area contributed by atoms with Gasteiger partial charge < -0.3 is 5.32 Å². The van der Waals surface area contributed by atoms with Gasteiger partial charge in [0.2, 0.25) is 0 Å². The number of aromatic nitrogens is 1. The smallest absolute Gasteiger partial charge is 0.0544 e. The van der Waals surface area contributed by atoms with Crippen molar-refractivity contribution in [2.24, 2.45) is 0 Å². The third-order valence-electron chi connectivity index (χ3n) is 4.01. The molecule has 1 saturated heterocycles. The van der Waals surface area contributed by atoms with Crippen molar-refractivity contribution in [3.05, 3.63) is 29.6 Å². The van der Waals surface area contributed by atoms with Gasteiger partial charge in [-0.05, 0) is 58.7 Å². The number of piperidine rings is 1. The summed E-state index contributed by atoms with van der Waals surface area (Å²) in [6.07, 6.45) is 6.05. The van der Waals surface area contributed by atoms with Crippen molar-refractivity contribution < 1.29 is 0 Å². The second kappa shape index (κ2) is 6.68. The van der Waals surface area contributed by atoms with Gasteiger partial charge in [-0.15, -0.1) is 0 Å². The average Bonchev–Trinajstić information content (AvgIpc) is 2.40. The fourth-order valence-electron chi connectivity index (χ4n) is 2.62. The lowest BCUT2D eigenvalue weighted by Crippen LogP contribution is -2.37. The first kappa shape index (κ1) is 15.5. The lowest BCUT2D eigenvalue weighted by molar-refractivity contribution is 0.151. The molecular formula is C17H29N3. The number of nitrogens with one attached hydrogen (secondary N) is 1. The minimum absolute atomic E-state index is 0.155. The Labute approximate surface area is 123 Å². The van der Waals surface area contributed by atoms with Crippen molar-refractivity contribution in [1.29, 1.82) is 0 Å². The molecule has 1 unspecified atom stereocenters. The van der Waals surface area contributed by atoms with Gasteiger partial charge in [0.25, 0.3) is 0 Å². The van der Waals surface area contributed by atoms with Crippen molar-refractivity contribution in [3.63, 3.8) is 0 Å². The molecule has 1 aromatic rings. The highest BCUT2D eigenvalue weighted by atomic mass is 15.2. The van der Waals surface area contributed by atoms with Crippen LogP contribution in [0.3, 0.4) is 0 Å². The van der Waals surface area contributed by atoms with Crippen molar-refractivity contribution in [1.82, 2.24) is 15.2 Å². The van der Waals surface area contributed by atoms with Crippen molar-refractivity contribution >= 4 is 0 Å². The number of pyridine rings is 1. The summed E-state index contributed by atoms with van der Waals surface area (Å²) in [7, 11) is 0. The number of likely N-dealkylation sites (tertiary alicyclic amines) is 1. The monoisotopic (exact) mass is 275 g/mol. The van der Waals surface area contributed by atoms with Crippen LogP contribution in [0.5, 0.6) is 0 Å². The highest BCUT2D eigenvalue weighted by molar-refractivity contribution is 5.14. The molecule has 3 heteroatoms. The van der Waals surface area contributed by atoms with E-state index in [1.807, 2.05) is 6.20 Å². The van der Waals surface area contributed by atoms with Gasteiger partial charge in [-0.2, -0.15) is 0 Å². The summed E-state index contributed by atoms with van der Waals surface area (Å²) in [6, 6.07) is 5.09. The molecule has 2 heterocycles. The van der Waals surface area contributed by atoms with Gasteiger partial charge in [-0.3, -0.25) is 9.88 Å². The van der Waals surface area contributed by atoms with Crippen LogP contribution in [0.25, 0.3) is 0 Å². The van der Waals surface area contributed by atoms with E-state index in [9.17, 15) is 0 Å². The molecule has 0 saturated carbocycles. The van der Waals surface area contributed by atoms with Gasteiger partial charge in [-0.1, -0.05) is 12.5 Å². The topological polar surface area (TPSA) is 28.2 Å². The van der Waals surface area contributed by atoms with E-state index in [-0.39, 0.29) is 5.54 Å². The highest BCUT2D eigenvalue weighted by Gasteiger charge is 2.18. The molecule has 0 spiro atoms. The van der Waals surface area contributed by atoms with Crippen LogP contribution in [0.1, 0.15) is 58.2 Å². The molecule has 0 radical (unpaired) electrons. The average molecular weight is 275 g/mol. The Bertz CT molecular complexity index is 405. The summed E-state index contributed by atoms with van der Waals surface area (Å²) in [4.78, 5) is 7.18. The van der Waals surface area contributed by atoms with E-state index in [1.165, 1.54) is 37.1 Å². The van der Waals surface area contributed by atoms with E-state index in [0.717, 1.165) is 13.1 Å². The predicted molar refractivity (Wildman–Crippen MR) is 84.6 cm³/mol. The molecule has 0 aliphatic carbocycles. The molecule has 1 N–H and O–H groups in total. The Kier molecular flexibility index (Phi) is 5.17. The second-order valence-electron chi connectivity index (χ2n) is 7.08. The molecule has 0 aromatic carbocycles. The minimum atomic E-state index is 0.155. The molecule has 1 aliphatic rings. The summed E-state index contributed by atoms with van der Waals surface area (Å²) in [6.45, 7) is 12.0. The third kappa shape index (κ3) is 4.88. The molecule has 0 bridgehead atoms. The Morgan fingerprint density at radius 1 is 1.30 bits per heavy atom. The van der Waals surface area contributed by atoms with Gasteiger partial charge in [0.05, 0.1) is 5.69 Å². The lowest BCUT2D eigenvalue weighted by Gasteiger charge is -2.32. The van der Waals surface area contributed by atoms with Gasteiger partial charge in [0, 0.05) is 30.9 Å². The summed E-state index contributed by atoms with van der Waals surface area (Å²) in [5.74, 6) is 0. The summed E-state index contributed by atoms with van der Waals surface area (Å²) >= 11 is 0. The van der Waals surface area contributed by atoms with Crippen LogP contribution in [-0.2, 0) is 13.1 Å². The molecule has 112 valence electrons. The summed E-state index contributed by atoms with van der Waals surface area (Å²) < 4.78 is 0. The molecule has 0 amide bonds. The van der Waals surface area contributed by atoms with Crippen molar-refractivity contribution in [2.45, 2.75) is 71.6 Å². The maximum Gasteiger partial charge on any atom is 0.0544 e. The van der Waals surface area contributed by atoms with Gasteiger partial charge in [0.15, 0.2) is 0 Å². The van der Waals surface area contributed by atoms with Gasteiger partial charge in [0.1, 0.15) is 0 Å². The number of hydrogen-bond acceptors (Lipinski definition) is 3. The zero-order valence-corrected chi connectivity index (χ0v) is 13.4. The first-order chi connectivity index (χ1) is 9.44. The van der Waals surface area contributed by atoms with Crippen molar-refractivity contribution in [3.8, 4) is 0 Å². The maximum atomic E-state index is 4.63. The van der Waals surface area contributed by atoms with Crippen LogP contribution in [0.15, 0.2) is 18.3 Å². The van der Waals surface area contributed by atoms with E-state index in [0.29, 0.717) is 6.04 Å². The van der Waals surface area contributed by atoms with Gasteiger partial charge in [-0.25, -0.2) is 0 Å². The van der Waals surface area contributed by atoms with Crippen LogP contribution in [-0.4, -0.2) is 28.0 Å². The molecule has 1 fully saturated rings. The third-order valence-corrected chi connectivity index (χ3v) is 4.01. The Morgan fingerprint density at radius 2 is 2.10 bits per heavy atom. The van der Waals surface area contributed by atoms with E-state index >= 15 is 0 Å². The molecule has 3 nitrogen and oxygen atoms in total. The first-order valence-electron chi connectivity index (χ1n) is 7.87. The van der Waals surface area contributed by atoms with E-state index in [4.69, 9.17) is 0 Å². The van der Waals surface area contributed by atoms with Crippen LogP contribution in [0.2, 0.25) is 0 Å². The van der Waals surface area contributed by atoms with E-state index < -0.39 is 0 Å². The minimum Gasteiger partial charge on any atom is -0.308 e. The Morgan fingerprint density at radius 3 is 2.70 bits per heavy atom. The maximum absolute atomic E-state index is 4.63.